The number of fused-ring (bicyclic) bond motifs is 1. The molecule has 0 fully saturated rings. The third-order valence-corrected chi connectivity index (χ3v) is 3.99. The molecule has 92 valence electrons. The molecule has 0 saturated carbocycles. The Morgan fingerprint density at radius 1 is 1.44 bits per heavy atom. The van der Waals surface area contributed by atoms with Crippen LogP contribution < -0.4 is 4.90 Å². The van der Waals surface area contributed by atoms with Crippen molar-refractivity contribution in [1.82, 2.24) is 4.98 Å². The fourth-order valence-electron chi connectivity index (χ4n) is 2.40. The Balaban J connectivity index is 2.07. The number of aromatic nitrogens is 1. The molecule has 3 rings (SSSR count). The van der Waals surface area contributed by atoms with Crippen LogP contribution in [0.4, 0.5) is 5.13 Å². The topological polar surface area (TPSA) is 53.4 Å². The number of benzene rings is 1. The first-order chi connectivity index (χ1) is 8.77. The van der Waals surface area contributed by atoms with Gasteiger partial charge in [0.2, 0.25) is 0 Å². The highest BCUT2D eigenvalue weighted by molar-refractivity contribution is 7.13. The van der Waals surface area contributed by atoms with Crippen LogP contribution in [0.3, 0.4) is 0 Å². The first kappa shape index (κ1) is 11.2. The minimum atomic E-state index is -0.822. The zero-order valence-electron chi connectivity index (χ0n) is 9.61. The second-order valence-corrected chi connectivity index (χ2v) is 5.07. The first-order valence-electron chi connectivity index (χ1n) is 5.74. The summed E-state index contributed by atoms with van der Waals surface area (Å²) in [7, 11) is 0. The van der Waals surface area contributed by atoms with Crippen molar-refractivity contribution >= 4 is 22.4 Å². The van der Waals surface area contributed by atoms with Crippen LogP contribution in [0, 0.1) is 0 Å². The number of hydrogen-bond donors (Lipinski definition) is 1. The number of carboxylic acid groups (broad SMARTS) is 1. The number of nitrogens with zero attached hydrogens (tertiary/aromatic N) is 2. The maximum atomic E-state index is 11.6. The molecule has 4 nitrogen and oxygen atoms in total. The van der Waals surface area contributed by atoms with Crippen molar-refractivity contribution < 1.29 is 9.90 Å². The zero-order chi connectivity index (χ0) is 12.5. The summed E-state index contributed by atoms with van der Waals surface area (Å²) >= 11 is 1.48. The summed E-state index contributed by atoms with van der Waals surface area (Å²) in [4.78, 5) is 17.7. The number of hydrogen-bond acceptors (Lipinski definition) is 4. The van der Waals surface area contributed by atoms with Crippen molar-refractivity contribution in [2.24, 2.45) is 0 Å². The predicted molar refractivity (Wildman–Crippen MR) is 70.0 cm³/mol. The number of thiazole rings is 1. The predicted octanol–water partition coefficient (Wildman–Crippen LogP) is 2.33. The Morgan fingerprint density at radius 3 is 3.00 bits per heavy atom. The van der Waals surface area contributed by atoms with E-state index in [1.807, 2.05) is 34.5 Å². The third kappa shape index (κ3) is 1.76. The van der Waals surface area contributed by atoms with Crippen LogP contribution in [0.5, 0.6) is 0 Å². The monoisotopic (exact) mass is 260 g/mol. The smallest absolute Gasteiger partial charge is 0.331 e. The molecule has 5 heteroatoms. The zero-order valence-corrected chi connectivity index (χ0v) is 10.4. The molecule has 0 bridgehead atoms. The van der Waals surface area contributed by atoms with Crippen molar-refractivity contribution in [3.05, 3.63) is 47.0 Å². The molecule has 0 saturated heterocycles. The van der Waals surface area contributed by atoms with E-state index in [0.29, 0.717) is 6.54 Å². The van der Waals surface area contributed by atoms with Gasteiger partial charge in [0.05, 0.1) is 0 Å². The first-order valence-corrected chi connectivity index (χ1v) is 6.62. The molecule has 0 aliphatic carbocycles. The van der Waals surface area contributed by atoms with Gasteiger partial charge in [-0.1, -0.05) is 24.3 Å². The Hall–Kier alpha value is -1.88. The van der Waals surface area contributed by atoms with E-state index in [1.54, 1.807) is 6.20 Å². The Bertz CT molecular complexity index is 568. The molecule has 2 aromatic rings. The van der Waals surface area contributed by atoms with E-state index in [-0.39, 0.29) is 0 Å². The summed E-state index contributed by atoms with van der Waals surface area (Å²) in [5.74, 6) is -0.822. The lowest BCUT2D eigenvalue weighted by atomic mass is 9.93. The van der Waals surface area contributed by atoms with Crippen molar-refractivity contribution in [1.29, 1.82) is 0 Å². The molecule has 1 atom stereocenters. The Kier molecular flexibility index (Phi) is 2.76. The van der Waals surface area contributed by atoms with E-state index in [1.165, 1.54) is 11.3 Å². The average molecular weight is 260 g/mol. The van der Waals surface area contributed by atoms with Crippen LogP contribution in [-0.2, 0) is 11.2 Å². The van der Waals surface area contributed by atoms with E-state index < -0.39 is 12.0 Å². The molecule has 0 radical (unpaired) electrons. The second kappa shape index (κ2) is 4.42. The lowest BCUT2D eigenvalue weighted by Crippen LogP contribution is -2.39. The number of rotatable bonds is 2. The molecule has 0 amide bonds. The summed E-state index contributed by atoms with van der Waals surface area (Å²) < 4.78 is 0. The highest BCUT2D eigenvalue weighted by Crippen LogP contribution is 2.34. The largest absolute Gasteiger partial charge is 0.479 e. The fourth-order valence-corrected chi connectivity index (χ4v) is 3.09. The molecular formula is C13H12N2O2S. The lowest BCUT2D eigenvalue weighted by Gasteiger charge is -2.34. The van der Waals surface area contributed by atoms with E-state index in [0.717, 1.165) is 22.7 Å². The van der Waals surface area contributed by atoms with Crippen molar-refractivity contribution in [3.63, 3.8) is 0 Å². The number of carbonyl (C=O) groups is 1. The van der Waals surface area contributed by atoms with Crippen LogP contribution in [0.2, 0.25) is 0 Å². The van der Waals surface area contributed by atoms with E-state index in [9.17, 15) is 9.90 Å². The molecule has 0 spiro atoms. The number of anilines is 1. The molecule has 1 aromatic carbocycles. The quantitative estimate of drug-likeness (QED) is 0.900. The highest BCUT2D eigenvalue weighted by Gasteiger charge is 2.33. The minimum Gasteiger partial charge on any atom is -0.479 e. The second-order valence-electron chi connectivity index (χ2n) is 4.20. The summed E-state index contributed by atoms with van der Waals surface area (Å²) in [6.07, 6.45) is 2.57. The maximum absolute atomic E-state index is 11.6. The van der Waals surface area contributed by atoms with Gasteiger partial charge in [-0.05, 0) is 17.5 Å². The van der Waals surface area contributed by atoms with Crippen LogP contribution in [-0.4, -0.2) is 22.6 Å². The van der Waals surface area contributed by atoms with Gasteiger partial charge in [-0.2, -0.15) is 0 Å². The van der Waals surface area contributed by atoms with Crippen LogP contribution >= 0.6 is 11.3 Å². The Morgan fingerprint density at radius 2 is 2.28 bits per heavy atom. The van der Waals surface area contributed by atoms with Crippen LogP contribution in [0.15, 0.2) is 35.8 Å². The summed E-state index contributed by atoms with van der Waals surface area (Å²) in [5.41, 5.74) is 2.00. The molecule has 1 unspecified atom stereocenters. The molecule has 1 aromatic heterocycles. The van der Waals surface area contributed by atoms with Gasteiger partial charge in [0.15, 0.2) is 11.2 Å². The number of aliphatic carboxylic acids is 1. The number of carboxylic acids is 1. The van der Waals surface area contributed by atoms with Gasteiger partial charge in [-0.3, -0.25) is 0 Å². The highest BCUT2D eigenvalue weighted by atomic mass is 32.1. The maximum Gasteiger partial charge on any atom is 0.331 e. The molecule has 1 aliphatic heterocycles. The van der Waals surface area contributed by atoms with Crippen molar-refractivity contribution in [3.8, 4) is 0 Å². The van der Waals surface area contributed by atoms with Gasteiger partial charge < -0.3 is 10.0 Å². The average Bonchev–Trinajstić information content (AvgIpc) is 2.90. The van der Waals surface area contributed by atoms with Crippen LogP contribution in [0.25, 0.3) is 0 Å². The molecule has 2 heterocycles. The minimum absolute atomic E-state index is 0.624. The SMILES string of the molecule is O=C(O)C1c2ccccc2CCN1c1nccs1. The normalized spacial score (nSPS) is 18.4. The Labute approximate surface area is 109 Å². The van der Waals surface area contributed by atoms with E-state index in [2.05, 4.69) is 4.98 Å². The molecular weight excluding hydrogens is 248 g/mol. The van der Waals surface area contributed by atoms with E-state index >= 15 is 0 Å². The van der Waals surface area contributed by atoms with Crippen molar-refractivity contribution in [2.75, 3.05) is 11.4 Å². The lowest BCUT2D eigenvalue weighted by molar-refractivity contribution is -0.138. The van der Waals surface area contributed by atoms with Gasteiger partial charge in [0, 0.05) is 18.1 Å². The standard InChI is InChI=1S/C13H12N2O2S/c16-12(17)11-10-4-2-1-3-9(10)5-7-15(11)13-14-6-8-18-13/h1-4,6,8,11H,5,7H2,(H,16,17). The van der Waals surface area contributed by atoms with Gasteiger partial charge in [0.1, 0.15) is 0 Å². The fraction of sp³-hybridized carbons (Fsp3) is 0.231. The summed E-state index contributed by atoms with van der Waals surface area (Å²) in [5, 5.41) is 12.1. The third-order valence-electron chi connectivity index (χ3n) is 3.18. The van der Waals surface area contributed by atoms with Gasteiger partial charge in [-0.15, -0.1) is 11.3 Å². The van der Waals surface area contributed by atoms with Gasteiger partial charge in [-0.25, -0.2) is 9.78 Å². The van der Waals surface area contributed by atoms with Crippen molar-refractivity contribution in [2.45, 2.75) is 12.5 Å². The van der Waals surface area contributed by atoms with Gasteiger partial charge >= 0.3 is 5.97 Å². The molecule has 1 N–H and O–H groups in total. The summed E-state index contributed by atoms with van der Waals surface area (Å²) in [6, 6.07) is 7.12. The van der Waals surface area contributed by atoms with Crippen LogP contribution in [0.1, 0.15) is 17.2 Å². The molecule has 1 aliphatic rings. The summed E-state index contributed by atoms with van der Waals surface area (Å²) in [6.45, 7) is 0.696. The van der Waals surface area contributed by atoms with Gasteiger partial charge in [0.25, 0.3) is 0 Å². The van der Waals surface area contributed by atoms with E-state index in [4.69, 9.17) is 0 Å². The molecule has 18 heavy (non-hydrogen) atoms.